The third kappa shape index (κ3) is 4.35. The van der Waals surface area contributed by atoms with Crippen molar-refractivity contribution < 1.29 is 0 Å². The van der Waals surface area contributed by atoms with Gasteiger partial charge in [-0.25, -0.2) is 0 Å². The van der Waals surface area contributed by atoms with Gasteiger partial charge in [0.05, 0.1) is 0 Å². The van der Waals surface area contributed by atoms with Crippen molar-refractivity contribution in [1.29, 1.82) is 0 Å². The van der Waals surface area contributed by atoms with E-state index < -0.39 is 0 Å². The maximum absolute atomic E-state index is 3.51. The zero-order valence-corrected chi connectivity index (χ0v) is 13.8. The quantitative estimate of drug-likeness (QED) is 0.574. The predicted octanol–water partition coefficient (Wildman–Crippen LogP) is 6.18. The Balaban J connectivity index is 1.87. The monoisotopic (exact) mass is 328 g/mol. The highest BCUT2D eigenvalue weighted by atomic mass is 79.9. The van der Waals surface area contributed by atoms with E-state index in [0.29, 0.717) is 0 Å². The van der Waals surface area contributed by atoms with Crippen LogP contribution in [0.25, 0.3) is 5.57 Å². The second-order valence-corrected chi connectivity index (χ2v) is 6.13. The van der Waals surface area contributed by atoms with Crippen molar-refractivity contribution in [2.75, 3.05) is 0 Å². The number of aryl methyl sites for hydroxylation is 2. The van der Waals surface area contributed by atoms with E-state index in [0.717, 1.165) is 12.8 Å². The van der Waals surface area contributed by atoms with Crippen molar-refractivity contribution >= 4 is 21.5 Å². The molecular formula is C19H21Br. The van der Waals surface area contributed by atoms with Crippen molar-refractivity contribution in [3.8, 4) is 0 Å². The van der Waals surface area contributed by atoms with Crippen LogP contribution in [0, 0.1) is 6.92 Å². The van der Waals surface area contributed by atoms with Crippen LogP contribution in [-0.4, -0.2) is 0 Å². The smallest absolute Gasteiger partial charge is 0.0178 e. The first-order valence-electron chi connectivity index (χ1n) is 7.14. The molecule has 1 heteroatoms. The fourth-order valence-corrected chi connectivity index (χ4v) is 2.85. The Labute approximate surface area is 130 Å². The number of hydrogen-bond donors (Lipinski definition) is 0. The van der Waals surface area contributed by atoms with Crippen LogP contribution in [0.5, 0.6) is 0 Å². The minimum Gasteiger partial charge on any atom is -0.0810 e. The second kappa shape index (κ2) is 7.44. The molecule has 0 fully saturated rings. The van der Waals surface area contributed by atoms with Gasteiger partial charge in [-0.05, 0) is 67.5 Å². The molecule has 0 saturated carbocycles. The highest BCUT2D eigenvalue weighted by Crippen LogP contribution is 2.19. The zero-order valence-electron chi connectivity index (χ0n) is 12.2. The van der Waals surface area contributed by atoms with Gasteiger partial charge in [0, 0.05) is 4.47 Å². The molecule has 0 aliphatic heterocycles. The molecule has 0 nitrogen and oxygen atoms in total. The van der Waals surface area contributed by atoms with Crippen LogP contribution in [0.1, 0.15) is 36.5 Å². The first-order valence-corrected chi connectivity index (χ1v) is 7.93. The van der Waals surface area contributed by atoms with Gasteiger partial charge >= 0.3 is 0 Å². The van der Waals surface area contributed by atoms with Crippen molar-refractivity contribution in [3.05, 3.63) is 75.8 Å². The van der Waals surface area contributed by atoms with Gasteiger partial charge in [-0.2, -0.15) is 0 Å². The molecule has 0 amide bonds. The summed E-state index contributed by atoms with van der Waals surface area (Å²) in [6.45, 7) is 4.38. The third-order valence-corrected chi connectivity index (χ3v) is 4.13. The normalized spacial score (nSPS) is 11.7. The van der Waals surface area contributed by atoms with E-state index >= 15 is 0 Å². The van der Waals surface area contributed by atoms with Crippen LogP contribution in [0.4, 0.5) is 0 Å². The van der Waals surface area contributed by atoms with Gasteiger partial charge in [-0.15, -0.1) is 0 Å². The Morgan fingerprint density at radius 3 is 2.55 bits per heavy atom. The molecule has 0 heterocycles. The number of hydrogen-bond acceptors (Lipinski definition) is 0. The fraction of sp³-hybridized carbons (Fsp3) is 0.263. The molecule has 0 radical (unpaired) electrons. The van der Waals surface area contributed by atoms with Crippen LogP contribution >= 0.6 is 15.9 Å². The molecular weight excluding hydrogens is 308 g/mol. The summed E-state index contributed by atoms with van der Waals surface area (Å²) in [6, 6.07) is 17.2. The second-order valence-electron chi connectivity index (χ2n) is 5.22. The van der Waals surface area contributed by atoms with E-state index in [4.69, 9.17) is 0 Å². The number of allylic oxidation sites excluding steroid dienone is 2. The summed E-state index contributed by atoms with van der Waals surface area (Å²) >= 11 is 3.51. The number of benzene rings is 2. The Morgan fingerprint density at radius 2 is 1.85 bits per heavy atom. The average Bonchev–Trinajstić information content (AvgIpc) is 2.46. The Morgan fingerprint density at radius 1 is 1.10 bits per heavy atom. The average molecular weight is 329 g/mol. The molecule has 104 valence electrons. The first-order chi connectivity index (χ1) is 9.66. The van der Waals surface area contributed by atoms with E-state index in [9.17, 15) is 0 Å². The third-order valence-electron chi connectivity index (χ3n) is 3.63. The summed E-state index contributed by atoms with van der Waals surface area (Å²) in [5, 5.41) is 0. The fourth-order valence-electron chi connectivity index (χ4n) is 2.37. The highest BCUT2D eigenvalue weighted by Gasteiger charge is 1.99. The number of unbranched alkanes of at least 4 members (excludes halogenated alkanes) is 1. The number of rotatable bonds is 5. The topological polar surface area (TPSA) is 0 Å². The summed E-state index contributed by atoms with van der Waals surface area (Å²) in [4.78, 5) is 0. The van der Waals surface area contributed by atoms with Crippen molar-refractivity contribution in [2.45, 2.75) is 33.1 Å². The molecule has 0 atom stereocenters. The molecule has 0 N–H and O–H groups in total. The summed E-state index contributed by atoms with van der Waals surface area (Å²) in [7, 11) is 0. The molecule has 0 aromatic heterocycles. The molecule has 2 aromatic carbocycles. The standard InChI is InChI=1S/C19H21Br/c1-15(17-9-4-3-5-10-17)8-6-7-11-18-12-13-19(20)14-16(18)2/h3-5,8-10,12-14H,6-7,11H2,1-2H3. The molecule has 0 unspecified atom stereocenters. The molecule has 2 rings (SSSR count). The van der Waals surface area contributed by atoms with E-state index in [1.165, 1.54) is 33.2 Å². The largest absolute Gasteiger partial charge is 0.0810 e. The van der Waals surface area contributed by atoms with E-state index in [2.05, 4.69) is 84.4 Å². The molecule has 0 saturated heterocycles. The van der Waals surface area contributed by atoms with Crippen LogP contribution in [0.2, 0.25) is 0 Å². The lowest BCUT2D eigenvalue weighted by Crippen LogP contribution is -1.89. The van der Waals surface area contributed by atoms with Crippen molar-refractivity contribution in [2.24, 2.45) is 0 Å². The van der Waals surface area contributed by atoms with Crippen LogP contribution in [-0.2, 0) is 6.42 Å². The SMILES string of the molecule is CC(=CCCCc1ccc(Br)cc1C)c1ccccc1. The molecule has 20 heavy (non-hydrogen) atoms. The maximum atomic E-state index is 3.51. The highest BCUT2D eigenvalue weighted by molar-refractivity contribution is 9.10. The van der Waals surface area contributed by atoms with Gasteiger partial charge in [0.1, 0.15) is 0 Å². The van der Waals surface area contributed by atoms with Gasteiger partial charge in [-0.1, -0.05) is 58.4 Å². The molecule has 2 aromatic rings. The zero-order chi connectivity index (χ0) is 14.4. The summed E-state index contributed by atoms with van der Waals surface area (Å²) in [5.41, 5.74) is 5.53. The summed E-state index contributed by atoms with van der Waals surface area (Å²) < 4.78 is 1.17. The van der Waals surface area contributed by atoms with Crippen LogP contribution in [0.3, 0.4) is 0 Å². The van der Waals surface area contributed by atoms with Gasteiger partial charge in [0.2, 0.25) is 0 Å². The van der Waals surface area contributed by atoms with Gasteiger partial charge < -0.3 is 0 Å². The van der Waals surface area contributed by atoms with Crippen molar-refractivity contribution in [1.82, 2.24) is 0 Å². The Bertz CT molecular complexity index is 582. The Kier molecular flexibility index (Phi) is 5.60. The molecule has 0 spiro atoms. The minimum absolute atomic E-state index is 1.14. The summed E-state index contributed by atoms with van der Waals surface area (Å²) in [5.74, 6) is 0. The predicted molar refractivity (Wildman–Crippen MR) is 91.9 cm³/mol. The number of halogens is 1. The Hall–Kier alpha value is -1.34. The summed E-state index contributed by atoms with van der Waals surface area (Å²) in [6.07, 6.45) is 5.84. The van der Waals surface area contributed by atoms with Gasteiger partial charge in [0.15, 0.2) is 0 Å². The van der Waals surface area contributed by atoms with Crippen molar-refractivity contribution in [3.63, 3.8) is 0 Å². The van der Waals surface area contributed by atoms with Gasteiger partial charge in [0.25, 0.3) is 0 Å². The van der Waals surface area contributed by atoms with E-state index in [-0.39, 0.29) is 0 Å². The molecule has 0 aliphatic rings. The molecule has 0 bridgehead atoms. The van der Waals surface area contributed by atoms with E-state index in [1.54, 1.807) is 0 Å². The lowest BCUT2D eigenvalue weighted by molar-refractivity contribution is 0.837. The molecule has 0 aliphatic carbocycles. The maximum Gasteiger partial charge on any atom is 0.0178 e. The van der Waals surface area contributed by atoms with Crippen LogP contribution < -0.4 is 0 Å². The lowest BCUT2D eigenvalue weighted by atomic mass is 10.0. The van der Waals surface area contributed by atoms with E-state index in [1.807, 2.05) is 0 Å². The first kappa shape index (κ1) is 15.1. The minimum atomic E-state index is 1.14. The lowest BCUT2D eigenvalue weighted by Gasteiger charge is -2.06. The van der Waals surface area contributed by atoms with Crippen LogP contribution in [0.15, 0.2) is 59.1 Å². The van der Waals surface area contributed by atoms with Gasteiger partial charge in [-0.3, -0.25) is 0 Å².